The predicted molar refractivity (Wildman–Crippen MR) is 31.6 cm³/mol. The summed E-state index contributed by atoms with van der Waals surface area (Å²) in [6, 6.07) is 0. The minimum atomic E-state index is -2.77. The molecule has 0 aromatic rings. The second-order valence-electron chi connectivity index (χ2n) is 1.50. The number of carbonyl (C=O) groups excluding carboxylic acids is 1. The summed E-state index contributed by atoms with van der Waals surface area (Å²) in [5.41, 5.74) is 0. The molecule has 54 valence electrons. The maximum atomic E-state index is 12.2. The highest BCUT2D eigenvalue weighted by Crippen LogP contribution is 2.29. The molecule has 0 aliphatic rings. The van der Waals surface area contributed by atoms with Crippen molar-refractivity contribution in [1.29, 1.82) is 0 Å². The minimum Gasteiger partial charge on any atom is -0.332 e. The van der Waals surface area contributed by atoms with Crippen LogP contribution in [0.25, 0.3) is 0 Å². The molecule has 0 aromatic carbocycles. The molecule has 5 heteroatoms. The van der Waals surface area contributed by atoms with Crippen LogP contribution in [0.5, 0.6) is 0 Å². The molecule has 0 aromatic heterocycles. The molecule has 9 heavy (non-hydrogen) atoms. The number of rotatable bonds is 3. The van der Waals surface area contributed by atoms with E-state index in [2.05, 4.69) is 4.52 Å². The Balaban J connectivity index is 3.88. The standard InChI is InChI=1S/C4H8FO3P/c1-3(6)4(5)9(7)8-2/h4,9H,1-2H3. The maximum Gasteiger partial charge on any atom is 0.232 e. The van der Waals surface area contributed by atoms with Crippen molar-refractivity contribution >= 4 is 13.8 Å². The average molecular weight is 154 g/mol. The normalized spacial score (nSPS) is 16.8. The smallest absolute Gasteiger partial charge is 0.232 e. The molecular formula is C4H8FO3P. The van der Waals surface area contributed by atoms with Gasteiger partial charge >= 0.3 is 0 Å². The number of hydrogen-bond acceptors (Lipinski definition) is 3. The van der Waals surface area contributed by atoms with Gasteiger partial charge in [0.2, 0.25) is 13.9 Å². The third kappa shape index (κ3) is 2.72. The highest BCUT2D eigenvalue weighted by Gasteiger charge is 2.19. The molecule has 2 atom stereocenters. The second kappa shape index (κ2) is 3.75. The molecule has 0 fully saturated rings. The lowest BCUT2D eigenvalue weighted by Crippen LogP contribution is -2.06. The van der Waals surface area contributed by atoms with Gasteiger partial charge in [0, 0.05) is 7.11 Å². The molecule has 0 aliphatic heterocycles. The number of hydrogen-bond donors (Lipinski definition) is 0. The molecule has 0 spiro atoms. The van der Waals surface area contributed by atoms with E-state index in [-0.39, 0.29) is 0 Å². The van der Waals surface area contributed by atoms with Gasteiger partial charge in [0.05, 0.1) is 0 Å². The van der Waals surface area contributed by atoms with Gasteiger partial charge in [0.15, 0.2) is 5.78 Å². The van der Waals surface area contributed by atoms with Crippen LogP contribution in [-0.2, 0) is 13.9 Å². The molecule has 0 bridgehead atoms. The lowest BCUT2D eigenvalue weighted by atomic mass is 10.5. The van der Waals surface area contributed by atoms with Gasteiger partial charge in [-0.2, -0.15) is 0 Å². The second-order valence-corrected chi connectivity index (χ2v) is 3.05. The zero-order valence-corrected chi connectivity index (χ0v) is 6.18. The van der Waals surface area contributed by atoms with Gasteiger partial charge in [0.25, 0.3) is 0 Å². The molecule has 3 nitrogen and oxygen atoms in total. The molecule has 0 radical (unpaired) electrons. The summed E-state index contributed by atoms with van der Waals surface area (Å²) in [5.74, 6) is -2.68. The SMILES string of the molecule is CO[PH](=O)C(F)C(C)=O. The molecule has 0 aliphatic carbocycles. The van der Waals surface area contributed by atoms with Gasteiger partial charge in [0.1, 0.15) is 0 Å². The first-order valence-corrected chi connectivity index (χ1v) is 3.71. The van der Waals surface area contributed by atoms with E-state index in [0.717, 1.165) is 14.0 Å². The van der Waals surface area contributed by atoms with Crippen molar-refractivity contribution in [1.82, 2.24) is 0 Å². The van der Waals surface area contributed by atoms with Gasteiger partial charge in [-0.3, -0.25) is 9.36 Å². The van der Waals surface area contributed by atoms with Crippen LogP contribution in [-0.4, -0.2) is 18.8 Å². The fourth-order valence-corrected chi connectivity index (χ4v) is 0.808. The van der Waals surface area contributed by atoms with Gasteiger partial charge in [-0.05, 0) is 6.92 Å². The molecule has 0 heterocycles. The van der Waals surface area contributed by atoms with Crippen LogP contribution in [0.3, 0.4) is 0 Å². The summed E-state index contributed by atoms with van der Waals surface area (Å²) in [5, 5.41) is 0. The number of alkyl halides is 1. The molecule has 0 rings (SSSR count). The molecule has 0 amide bonds. The van der Waals surface area contributed by atoms with Crippen molar-refractivity contribution in [3.63, 3.8) is 0 Å². The van der Waals surface area contributed by atoms with E-state index in [4.69, 9.17) is 0 Å². The first kappa shape index (κ1) is 8.79. The van der Waals surface area contributed by atoms with E-state index in [0.29, 0.717) is 0 Å². The number of halogens is 1. The summed E-state index contributed by atoms with van der Waals surface area (Å²) >= 11 is 0. The Bertz CT molecular complexity index is 136. The van der Waals surface area contributed by atoms with Crippen molar-refractivity contribution in [2.45, 2.75) is 12.8 Å². The van der Waals surface area contributed by atoms with Crippen molar-refractivity contribution in [2.75, 3.05) is 7.11 Å². The van der Waals surface area contributed by atoms with Gasteiger partial charge in [-0.1, -0.05) is 0 Å². The first-order chi connectivity index (χ1) is 4.09. The van der Waals surface area contributed by atoms with Crippen LogP contribution in [0, 0.1) is 0 Å². The van der Waals surface area contributed by atoms with Gasteiger partial charge in [-0.15, -0.1) is 0 Å². The zero-order valence-electron chi connectivity index (χ0n) is 5.18. The molecule has 0 saturated heterocycles. The lowest BCUT2D eigenvalue weighted by molar-refractivity contribution is -0.119. The van der Waals surface area contributed by atoms with E-state index in [1.54, 1.807) is 0 Å². The zero-order chi connectivity index (χ0) is 7.44. The third-order valence-electron chi connectivity index (χ3n) is 0.765. The molecule has 2 unspecified atom stereocenters. The Morgan fingerprint density at radius 1 is 1.78 bits per heavy atom. The van der Waals surface area contributed by atoms with Crippen molar-refractivity contribution < 1.29 is 18.3 Å². The summed E-state index contributed by atoms with van der Waals surface area (Å²) in [4.78, 5) is 10.1. The summed E-state index contributed by atoms with van der Waals surface area (Å²) in [7, 11) is -1.66. The maximum absolute atomic E-state index is 12.2. The number of ketones is 1. The monoisotopic (exact) mass is 154 g/mol. The predicted octanol–water partition coefficient (Wildman–Crippen LogP) is 0.992. The Hall–Kier alpha value is -0.210. The third-order valence-corrected chi connectivity index (χ3v) is 1.99. The van der Waals surface area contributed by atoms with E-state index in [1.807, 2.05) is 0 Å². The minimum absolute atomic E-state index is 0.749. The molecule has 0 N–H and O–H groups in total. The van der Waals surface area contributed by atoms with E-state index < -0.39 is 19.7 Å². The molecular weight excluding hydrogens is 146 g/mol. The summed E-state index contributed by atoms with van der Waals surface area (Å²) in [6.07, 6.45) is 0. The van der Waals surface area contributed by atoms with Crippen LogP contribution >= 0.6 is 8.03 Å². The highest BCUT2D eigenvalue weighted by atomic mass is 31.1. The van der Waals surface area contributed by atoms with Gasteiger partial charge in [-0.25, -0.2) is 4.39 Å². The van der Waals surface area contributed by atoms with Crippen LogP contribution in [0.2, 0.25) is 0 Å². The Morgan fingerprint density at radius 3 is 2.33 bits per heavy atom. The summed E-state index contributed by atoms with van der Waals surface area (Å²) in [6.45, 7) is 1.03. The number of Topliss-reactive ketones (excluding diaryl/α,β-unsaturated/α-hetero) is 1. The van der Waals surface area contributed by atoms with Crippen molar-refractivity contribution in [2.24, 2.45) is 0 Å². The van der Waals surface area contributed by atoms with Crippen LogP contribution in [0.4, 0.5) is 4.39 Å². The quantitative estimate of drug-likeness (QED) is 0.569. The average Bonchev–Trinajstić information content (AvgIpc) is 1.84. The first-order valence-electron chi connectivity index (χ1n) is 2.32. The fourth-order valence-electron chi connectivity index (χ4n) is 0.269. The Labute approximate surface area is 53.1 Å². The number of carbonyl (C=O) groups is 1. The van der Waals surface area contributed by atoms with Crippen molar-refractivity contribution in [3.8, 4) is 0 Å². The van der Waals surface area contributed by atoms with E-state index >= 15 is 0 Å². The Morgan fingerprint density at radius 2 is 2.22 bits per heavy atom. The fraction of sp³-hybridized carbons (Fsp3) is 0.750. The molecule has 0 saturated carbocycles. The van der Waals surface area contributed by atoms with Crippen LogP contribution in [0.1, 0.15) is 6.92 Å². The van der Waals surface area contributed by atoms with Crippen LogP contribution < -0.4 is 0 Å². The summed E-state index contributed by atoms with van der Waals surface area (Å²) < 4.78 is 26.6. The highest BCUT2D eigenvalue weighted by molar-refractivity contribution is 7.41. The topological polar surface area (TPSA) is 43.4 Å². The van der Waals surface area contributed by atoms with Crippen LogP contribution in [0.15, 0.2) is 0 Å². The van der Waals surface area contributed by atoms with E-state index in [1.165, 1.54) is 0 Å². The Kier molecular flexibility index (Phi) is 3.66. The lowest BCUT2D eigenvalue weighted by Gasteiger charge is -1.99. The van der Waals surface area contributed by atoms with Gasteiger partial charge < -0.3 is 4.52 Å². The van der Waals surface area contributed by atoms with Crippen molar-refractivity contribution in [3.05, 3.63) is 0 Å². The van der Waals surface area contributed by atoms with E-state index in [9.17, 15) is 13.8 Å². The largest absolute Gasteiger partial charge is 0.332 e.